The number of carbonyl (C=O) groups excluding carboxylic acids is 6. The third kappa shape index (κ3) is 21.3. The van der Waals surface area contributed by atoms with Crippen molar-refractivity contribution in [3.05, 3.63) is 35.9 Å². The van der Waals surface area contributed by atoms with Crippen molar-refractivity contribution < 1.29 is 33.5 Å². The van der Waals surface area contributed by atoms with E-state index in [0.29, 0.717) is 39.2 Å². The van der Waals surface area contributed by atoms with E-state index in [2.05, 4.69) is 0 Å². The van der Waals surface area contributed by atoms with Crippen molar-refractivity contribution in [1.82, 2.24) is 14.7 Å². The summed E-state index contributed by atoms with van der Waals surface area (Å²) in [5.74, 6) is -0.431. The fraction of sp³-hybridized carbons (Fsp3) is 0.600. The Kier molecular flexibility index (Phi) is 20.0. The van der Waals surface area contributed by atoms with Gasteiger partial charge in [0.1, 0.15) is 35.0 Å². The zero-order chi connectivity index (χ0) is 31.4. The van der Waals surface area contributed by atoms with Gasteiger partial charge in [-0.3, -0.25) is 43.5 Å². The Hall–Kier alpha value is -3.12. The van der Waals surface area contributed by atoms with Crippen LogP contribution in [0.1, 0.15) is 47.1 Å². The van der Waals surface area contributed by atoms with E-state index >= 15 is 0 Å². The lowest BCUT2D eigenvalue weighted by atomic mass is 10.1. The molecule has 1 aromatic carbocycles. The highest BCUT2D eigenvalue weighted by Crippen LogP contribution is 2.03. The summed E-state index contributed by atoms with van der Waals surface area (Å²) < 4.78 is 4.81. The van der Waals surface area contributed by atoms with Crippen LogP contribution in [0, 0.1) is 0 Å². The molecule has 0 amide bonds. The number of nitrogens with two attached hydrogens (primary N) is 1. The van der Waals surface area contributed by atoms with Gasteiger partial charge < -0.3 is 10.5 Å². The second kappa shape index (κ2) is 21.6. The first-order valence-electron chi connectivity index (χ1n) is 13.8. The van der Waals surface area contributed by atoms with Crippen LogP contribution in [0.2, 0.25) is 0 Å². The van der Waals surface area contributed by atoms with E-state index in [1.807, 2.05) is 35.2 Å². The predicted octanol–water partition coefficient (Wildman–Crippen LogP) is 0.957. The Morgan fingerprint density at radius 1 is 0.634 bits per heavy atom. The molecule has 0 bridgehead atoms. The van der Waals surface area contributed by atoms with Gasteiger partial charge in [-0.05, 0) is 53.5 Å². The van der Waals surface area contributed by atoms with Crippen LogP contribution in [0.3, 0.4) is 0 Å². The first kappa shape index (κ1) is 37.9. The number of ether oxygens (including phenoxy) is 1. The van der Waals surface area contributed by atoms with E-state index in [-0.39, 0.29) is 67.6 Å². The molecule has 0 aliphatic heterocycles. The Morgan fingerprint density at radius 2 is 0.976 bits per heavy atom. The van der Waals surface area contributed by atoms with Gasteiger partial charge in [0.2, 0.25) is 0 Å². The smallest absolute Gasteiger partial charge is 0.323 e. The van der Waals surface area contributed by atoms with Gasteiger partial charge in [-0.1, -0.05) is 30.3 Å². The molecule has 1 aromatic rings. The van der Waals surface area contributed by atoms with E-state index in [9.17, 15) is 28.8 Å². The monoisotopic (exact) mass is 576 g/mol. The van der Waals surface area contributed by atoms with Gasteiger partial charge in [0.05, 0.1) is 39.3 Å². The molecule has 0 saturated carbocycles. The maximum absolute atomic E-state index is 11.6. The first-order valence-corrected chi connectivity index (χ1v) is 13.8. The average molecular weight is 577 g/mol. The number of nitrogens with zero attached hydrogens (tertiary/aromatic N) is 3. The molecule has 1 unspecified atom stereocenters. The van der Waals surface area contributed by atoms with Crippen LogP contribution in [0.4, 0.5) is 0 Å². The number of Topliss-reactive ketones (excluding diaryl/α,β-unsaturated/α-hetero) is 5. The molecule has 2 N–H and O–H groups in total. The van der Waals surface area contributed by atoms with E-state index < -0.39 is 6.04 Å². The van der Waals surface area contributed by atoms with Crippen LogP contribution in [0.5, 0.6) is 0 Å². The standard InChI is InChI=1S/C19H33N3O5.C11H15NO2/c1-15(23)10-20(6-8-21(11-16(2)24)12-17(3)25)7-9-22(13-18(4)26)14-19(5)27;1-2-14-11(13)10(12)8-9-6-4-3-5-7-9/h6-14H2,1-5H3;3-7,10H,2,8,12H2,1H3. The summed E-state index contributed by atoms with van der Waals surface area (Å²) in [5.41, 5.74) is 6.71. The second-order valence-corrected chi connectivity index (χ2v) is 10.3. The van der Waals surface area contributed by atoms with Crippen LogP contribution in [-0.2, 0) is 39.9 Å². The number of esters is 1. The first-order chi connectivity index (χ1) is 19.2. The highest BCUT2D eigenvalue weighted by molar-refractivity contribution is 5.81. The average Bonchev–Trinajstić information content (AvgIpc) is 2.85. The summed E-state index contributed by atoms with van der Waals surface area (Å²) in [7, 11) is 0. The zero-order valence-corrected chi connectivity index (χ0v) is 25.5. The van der Waals surface area contributed by atoms with Crippen LogP contribution in [0.15, 0.2) is 30.3 Å². The topological polar surface area (TPSA) is 147 Å². The summed E-state index contributed by atoms with van der Waals surface area (Å²) >= 11 is 0. The fourth-order valence-corrected chi connectivity index (χ4v) is 4.04. The van der Waals surface area contributed by atoms with Gasteiger partial charge in [0, 0.05) is 26.2 Å². The number of benzene rings is 1. The van der Waals surface area contributed by atoms with Crippen molar-refractivity contribution in [2.24, 2.45) is 5.73 Å². The van der Waals surface area contributed by atoms with E-state index in [4.69, 9.17) is 10.5 Å². The van der Waals surface area contributed by atoms with Gasteiger partial charge >= 0.3 is 5.97 Å². The van der Waals surface area contributed by atoms with E-state index in [0.717, 1.165) is 5.56 Å². The van der Waals surface area contributed by atoms with Crippen LogP contribution in [-0.4, -0.2) is 121 Å². The molecular weight excluding hydrogens is 528 g/mol. The molecule has 230 valence electrons. The Balaban J connectivity index is 0.000000950. The molecule has 11 heteroatoms. The van der Waals surface area contributed by atoms with Gasteiger partial charge in [-0.25, -0.2) is 0 Å². The molecular formula is C30H48N4O7. The Labute approximate surface area is 244 Å². The number of carbonyl (C=O) groups is 6. The highest BCUT2D eigenvalue weighted by Gasteiger charge is 2.17. The third-order valence-corrected chi connectivity index (χ3v) is 5.58. The SMILES string of the molecule is CC(=O)CN(CCN(CC(C)=O)CC(C)=O)CCN(CC(C)=O)CC(C)=O.CCOC(=O)C(N)Cc1ccccc1. The molecule has 41 heavy (non-hydrogen) atoms. The predicted molar refractivity (Wildman–Crippen MR) is 157 cm³/mol. The van der Waals surface area contributed by atoms with E-state index in [1.54, 1.807) is 16.7 Å². The lowest BCUT2D eigenvalue weighted by Gasteiger charge is -2.28. The zero-order valence-electron chi connectivity index (χ0n) is 25.5. The number of hydrogen-bond donors (Lipinski definition) is 1. The summed E-state index contributed by atoms with van der Waals surface area (Å²) in [6.45, 7) is 12.5. The fourth-order valence-electron chi connectivity index (χ4n) is 4.04. The minimum absolute atomic E-state index is 0.00405. The van der Waals surface area contributed by atoms with Gasteiger partial charge in [-0.15, -0.1) is 0 Å². The van der Waals surface area contributed by atoms with Crippen molar-refractivity contribution in [2.75, 3.05) is 65.5 Å². The van der Waals surface area contributed by atoms with Gasteiger partial charge in [-0.2, -0.15) is 0 Å². The molecule has 0 aromatic heterocycles. The molecule has 0 aliphatic rings. The van der Waals surface area contributed by atoms with Crippen molar-refractivity contribution in [3.8, 4) is 0 Å². The quantitative estimate of drug-likeness (QED) is 0.221. The lowest BCUT2D eigenvalue weighted by molar-refractivity contribution is -0.144. The van der Waals surface area contributed by atoms with Crippen LogP contribution < -0.4 is 5.73 Å². The van der Waals surface area contributed by atoms with E-state index in [1.165, 1.54) is 34.6 Å². The molecule has 0 radical (unpaired) electrons. The molecule has 0 aliphatic carbocycles. The number of ketones is 5. The largest absolute Gasteiger partial charge is 0.465 e. The lowest BCUT2D eigenvalue weighted by Crippen LogP contribution is -2.44. The summed E-state index contributed by atoms with van der Waals surface area (Å²) in [6.07, 6.45) is 0.527. The molecule has 0 saturated heterocycles. The summed E-state index contributed by atoms with van der Waals surface area (Å²) in [5, 5.41) is 0. The number of rotatable bonds is 20. The van der Waals surface area contributed by atoms with Crippen molar-refractivity contribution in [1.29, 1.82) is 0 Å². The summed E-state index contributed by atoms with van der Waals surface area (Å²) in [4.78, 5) is 73.8. The minimum Gasteiger partial charge on any atom is -0.465 e. The maximum atomic E-state index is 11.6. The minimum atomic E-state index is -0.558. The Morgan fingerprint density at radius 3 is 1.32 bits per heavy atom. The van der Waals surface area contributed by atoms with Crippen LogP contribution >= 0.6 is 0 Å². The highest BCUT2D eigenvalue weighted by atomic mass is 16.5. The normalized spacial score (nSPS) is 11.6. The van der Waals surface area contributed by atoms with Gasteiger partial charge in [0.15, 0.2) is 0 Å². The Bertz CT molecular complexity index is 912. The number of hydrogen-bond acceptors (Lipinski definition) is 11. The second-order valence-electron chi connectivity index (χ2n) is 10.3. The molecule has 1 atom stereocenters. The van der Waals surface area contributed by atoms with Gasteiger partial charge in [0.25, 0.3) is 0 Å². The molecule has 0 spiro atoms. The third-order valence-electron chi connectivity index (χ3n) is 5.58. The van der Waals surface area contributed by atoms with Crippen molar-refractivity contribution in [2.45, 2.75) is 54.0 Å². The van der Waals surface area contributed by atoms with Crippen molar-refractivity contribution >= 4 is 34.9 Å². The maximum Gasteiger partial charge on any atom is 0.323 e. The molecule has 1 rings (SSSR count). The van der Waals surface area contributed by atoms with Crippen molar-refractivity contribution in [3.63, 3.8) is 0 Å². The molecule has 11 nitrogen and oxygen atoms in total. The summed E-state index contributed by atoms with van der Waals surface area (Å²) in [6, 6.07) is 9.11. The van der Waals surface area contributed by atoms with Crippen LogP contribution in [0.25, 0.3) is 0 Å². The molecule has 0 heterocycles. The molecule has 0 fully saturated rings.